The summed E-state index contributed by atoms with van der Waals surface area (Å²) in [6.07, 6.45) is 0.613. The van der Waals surface area contributed by atoms with Gasteiger partial charge >= 0.3 is 0 Å². The molecule has 2 aromatic heterocycles. The molecule has 0 bridgehead atoms. The van der Waals surface area contributed by atoms with Crippen molar-refractivity contribution in [2.75, 3.05) is 0 Å². The Morgan fingerprint density at radius 3 is 2.65 bits per heavy atom. The third-order valence-corrected chi connectivity index (χ3v) is 2.70. The van der Waals surface area contributed by atoms with Crippen LogP contribution in [0.3, 0.4) is 0 Å². The van der Waals surface area contributed by atoms with Crippen LogP contribution in [0.25, 0.3) is 11.5 Å². The summed E-state index contributed by atoms with van der Waals surface area (Å²) in [7, 11) is 1.89. The Balaban J connectivity index is 2.37. The summed E-state index contributed by atoms with van der Waals surface area (Å²) in [5.74, 6) is 1.15. The number of aryl methyl sites for hydroxylation is 2. The highest BCUT2D eigenvalue weighted by molar-refractivity contribution is 5.59. The quantitative estimate of drug-likeness (QED) is 0.857. The maximum atomic E-state index is 5.70. The first-order valence-corrected chi connectivity index (χ1v) is 5.57. The lowest BCUT2D eigenvalue weighted by atomic mass is 10.2. The zero-order valence-electron chi connectivity index (χ0n) is 10.6. The second-order valence-corrected chi connectivity index (χ2v) is 4.37. The lowest BCUT2D eigenvalue weighted by Crippen LogP contribution is -2.18. The van der Waals surface area contributed by atoms with Crippen LogP contribution in [-0.2, 0) is 13.5 Å². The fraction of sp³-hybridized carbons (Fsp3) is 0.545. The predicted octanol–water partition coefficient (Wildman–Crippen LogP) is 0.977. The highest BCUT2D eigenvalue weighted by atomic mass is 16.5. The van der Waals surface area contributed by atoms with Gasteiger partial charge in [0.05, 0.1) is 11.3 Å². The lowest BCUT2D eigenvalue weighted by molar-refractivity contribution is 0.420. The molecule has 1 unspecified atom stereocenters. The molecule has 2 rings (SSSR count). The summed E-state index contributed by atoms with van der Waals surface area (Å²) in [4.78, 5) is 4.34. The minimum atomic E-state index is 0.0246. The van der Waals surface area contributed by atoms with Crippen molar-refractivity contribution < 1.29 is 4.52 Å². The third-order valence-electron chi connectivity index (χ3n) is 2.70. The Hall–Kier alpha value is -1.69. The van der Waals surface area contributed by atoms with Gasteiger partial charge in [0.1, 0.15) is 0 Å². The minimum absolute atomic E-state index is 0.0246. The van der Waals surface area contributed by atoms with Crippen LogP contribution in [0.5, 0.6) is 0 Å². The van der Waals surface area contributed by atoms with Crippen molar-refractivity contribution in [2.24, 2.45) is 12.8 Å². The molecule has 2 heterocycles. The molecule has 0 aliphatic carbocycles. The molecular weight excluding hydrogens is 218 g/mol. The first-order chi connectivity index (χ1) is 7.99. The Morgan fingerprint density at radius 1 is 1.41 bits per heavy atom. The second-order valence-electron chi connectivity index (χ2n) is 4.37. The van der Waals surface area contributed by atoms with Crippen LogP contribution < -0.4 is 5.73 Å². The van der Waals surface area contributed by atoms with Crippen LogP contribution in [0.1, 0.15) is 24.1 Å². The normalized spacial score (nSPS) is 13.0. The lowest BCUT2D eigenvalue weighted by Gasteiger charge is -1.97. The highest BCUT2D eigenvalue weighted by Crippen LogP contribution is 2.24. The largest absolute Gasteiger partial charge is 0.334 e. The van der Waals surface area contributed by atoms with Crippen molar-refractivity contribution in [1.82, 2.24) is 19.9 Å². The van der Waals surface area contributed by atoms with E-state index in [-0.39, 0.29) is 6.04 Å². The Labute approximate surface area is 99.8 Å². The van der Waals surface area contributed by atoms with E-state index in [1.807, 2.05) is 27.8 Å². The van der Waals surface area contributed by atoms with Gasteiger partial charge in [-0.05, 0) is 20.8 Å². The Kier molecular flexibility index (Phi) is 2.97. The molecule has 92 valence electrons. The fourth-order valence-electron chi connectivity index (χ4n) is 1.81. The predicted molar refractivity (Wildman–Crippen MR) is 63.3 cm³/mol. The van der Waals surface area contributed by atoms with Gasteiger partial charge in [-0.1, -0.05) is 5.16 Å². The number of aromatic nitrogens is 4. The molecule has 0 spiro atoms. The van der Waals surface area contributed by atoms with Crippen molar-refractivity contribution in [3.63, 3.8) is 0 Å². The fourth-order valence-corrected chi connectivity index (χ4v) is 1.81. The molecule has 0 fully saturated rings. The van der Waals surface area contributed by atoms with Crippen molar-refractivity contribution in [3.05, 3.63) is 17.2 Å². The maximum absolute atomic E-state index is 5.70. The molecule has 0 aliphatic rings. The molecular formula is C11H17N5O. The summed E-state index contributed by atoms with van der Waals surface area (Å²) < 4.78 is 7.06. The number of hydrogen-bond donors (Lipinski definition) is 1. The van der Waals surface area contributed by atoms with Gasteiger partial charge in [0.2, 0.25) is 0 Å². The van der Waals surface area contributed by atoms with Crippen LogP contribution in [0, 0.1) is 13.8 Å². The van der Waals surface area contributed by atoms with E-state index in [0.717, 1.165) is 17.0 Å². The minimum Gasteiger partial charge on any atom is -0.334 e. The zero-order chi connectivity index (χ0) is 12.6. The topological polar surface area (TPSA) is 82.8 Å². The molecule has 6 heteroatoms. The SMILES string of the molecule is Cc1nn(C)c(C)c1-c1nc(CC(C)N)no1. The van der Waals surface area contributed by atoms with E-state index in [2.05, 4.69) is 15.2 Å². The van der Waals surface area contributed by atoms with Gasteiger partial charge in [-0.2, -0.15) is 10.1 Å². The molecule has 6 nitrogen and oxygen atoms in total. The number of nitrogens with zero attached hydrogens (tertiary/aromatic N) is 4. The zero-order valence-corrected chi connectivity index (χ0v) is 10.6. The van der Waals surface area contributed by atoms with Crippen LogP contribution in [-0.4, -0.2) is 26.0 Å². The highest BCUT2D eigenvalue weighted by Gasteiger charge is 2.18. The van der Waals surface area contributed by atoms with E-state index in [1.54, 1.807) is 4.68 Å². The first-order valence-electron chi connectivity index (χ1n) is 5.57. The van der Waals surface area contributed by atoms with Gasteiger partial charge in [0.15, 0.2) is 5.82 Å². The van der Waals surface area contributed by atoms with Crippen LogP contribution in [0.4, 0.5) is 0 Å². The van der Waals surface area contributed by atoms with E-state index in [1.165, 1.54) is 0 Å². The molecule has 2 N–H and O–H groups in total. The van der Waals surface area contributed by atoms with Gasteiger partial charge in [0.25, 0.3) is 5.89 Å². The van der Waals surface area contributed by atoms with E-state index >= 15 is 0 Å². The summed E-state index contributed by atoms with van der Waals surface area (Å²) >= 11 is 0. The van der Waals surface area contributed by atoms with Gasteiger partial charge in [-0.25, -0.2) is 0 Å². The molecule has 17 heavy (non-hydrogen) atoms. The van der Waals surface area contributed by atoms with Gasteiger partial charge < -0.3 is 10.3 Å². The van der Waals surface area contributed by atoms with E-state index < -0.39 is 0 Å². The van der Waals surface area contributed by atoms with Gasteiger partial charge in [-0.3, -0.25) is 4.68 Å². The summed E-state index contributed by atoms with van der Waals surface area (Å²) in [5, 5.41) is 8.24. The van der Waals surface area contributed by atoms with Crippen LogP contribution >= 0.6 is 0 Å². The van der Waals surface area contributed by atoms with Gasteiger partial charge in [-0.15, -0.1) is 0 Å². The Bertz CT molecular complexity index is 526. The third kappa shape index (κ3) is 2.21. The van der Waals surface area contributed by atoms with Crippen molar-refractivity contribution in [1.29, 1.82) is 0 Å². The maximum Gasteiger partial charge on any atom is 0.261 e. The average molecular weight is 235 g/mol. The molecule has 1 atom stereocenters. The van der Waals surface area contributed by atoms with Crippen molar-refractivity contribution in [2.45, 2.75) is 33.2 Å². The molecule has 0 amide bonds. The number of rotatable bonds is 3. The molecule has 0 aliphatic heterocycles. The van der Waals surface area contributed by atoms with Crippen LogP contribution in [0.2, 0.25) is 0 Å². The van der Waals surface area contributed by atoms with E-state index in [4.69, 9.17) is 10.3 Å². The molecule has 0 saturated heterocycles. The summed E-state index contributed by atoms with van der Waals surface area (Å²) in [6.45, 7) is 5.82. The van der Waals surface area contributed by atoms with E-state index in [9.17, 15) is 0 Å². The average Bonchev–Trinajstić information content (AvgIpc) is 2.73. The van der Waals surface area contributed by atoms with Crippen molar-refractivity contribution >= 4 is 0 Å². The standard InChI is InChI=1S/C11H17N5O/c1-6(12)5-9-13-11(17-15-9)10-7(2)14-16(4)8(10)3/h6H,5,12H2,1-4H3. The first kappa shape index (κ1) is 11.8. The number of nitrogens with two attached hydrogens (primary N) is 1. The van der Waals surface area contributed by atoms with Crippen LogP contribution in [0.15, 0.2) is 4.52 Å². The molecule has 0 aromatic carbocycles. The monoisotopic (exact) mass is 235 g/mol. The molecule has 0 radical (unpaired) electrons. The summed E-state index contributed by atoms with van der Waals surface area (Å²) in [6, 6.07) is 0.0246. The van der Waals surface area contributed by atoms with Gasteiger partial charge in [0, 0.05) is 25.2 Å². The second kappa shape index (κ2) is 4.29. The number of hydrogen-bond acceptors (Lipinski definition) is 5. The van der Waals surface area contributed by atoms with E-state index in [0.29, 0.717) is 18.1 Å². The molecule has 0 saturated carbocycles. The smallest absolute Gasteiger partial charge is 0.261 e. The van der Waals surface area contributed by atoms with Crippen molar-refractivity contribution in [3.8, 4) is 11.5 Å². The summed E-state index contributed by atoms with van der Waals surface area (Å²) in [5.41, 5.74) is 8.51. The molecule has 2 aromatic rings. The Morgan fingerprint density at radius 2 is 2.12 bits per heavy atom.